The zero-order valence-corrected chi connectivity index (χ0v) is 15.6. The van der Waals surface area contributed by atoms with Gasteiger partial charge in [-0.15, -0.1) is 0 Å². The number of imidazole rings is 1. The predicted octanol–water partition coefficient (Wildman–Crippen LogP) is 5.55. The molecule has 138 valence electrons. The monoisotopic (exact) mass is 369 g/mol. The largest absolute Gasteiger partial charge is 0.331 e. The van der Waals surface area contributed by atoms with E-state index in [0.29, 0.717) is 16.9 Å². The number of carbonyl (C=O) groups is 1. The minimum Gasteiger partial charge on any atom is -0.331 e. The second kappa shape index (κ2) is 7.44. The number of fused-ring (bicyclic) bond motifs is 1. The quantitative estimate of drug-likeness (QED) is 0.479. The molecule has 28 heavy (non-hydrogen) atoms. The van der Waals surface area contributed by atoms with Gasteiger partial charge in [0.25, 0.3) is 5.91 Å². The van der Waals surface area contributed by atoms with Crippen LogP contribution in [0, 0.1) is 6.92 Å². The van der Waals surface area contributed by atoms with Crippen LogP contribution < -0.4 is 5.32 Å². The molecule has 6 nitrogen and oxygen atoms in total. The summed E-state index contributed by atoms with van der Waals surface area (Å²) in [4.78, 5) is 17.0. The van der Waals surface area contributed by atoms with Crippen molar-refractivity contribution in [3.05, 3.63) is 84.2 Å². The fourth-order valence-electron chi connectivity index (χ4n) is 2.89. The van der Waals surface area contributed by atoms with Crippen LogP contribution in [-0.2, 0) is 7.05 Å². The second-order valence-electron chi connectivity index (χ2n) is 6.46. The van der Waals surface area contributed by atoms with Crippen molar-refractivity contribution in [2.75, 3.05) is 5.32 Å². The van der Waals surface area contributed by atoms with Crippen LogP contribution in [-0.4, -0.2) is 15.5 Å². The summed E-state index contributed by atoms with van der Waals surface area (Å²) in [7, 11) is 1.96. The Morgan fingerprint density at radius 3 is 2.32 bits per heavy atom. The van der Waals surface area contributed by atoms with Crippen LogP contribution in [0.2, 0.25) is 0 Å². The SMILES string of the molecule is Cc1nc2cc(C(=O)Nc3ccc(N=Nc4ccccc4)cc3)ccc2n1C. The average molecular weight is 369 g/mol. The summed E-state index contributed by atoms with van der Waals surface area (Å²) in [5, 5.41) is 11.3. The third kappa shape index (κ3) is 3.66. The normalized spacial score (nSPS) is 11.2. The van der Waals surface area contributed by atoms with Crippen LogP contribution in [0.1, 0.15) is 16.2 Å². The molecular formula is C22H19N5O. The molecular weight excluding hydrogens is 350 g/mol. The summed E-state index contributed by atoms with van der Waals surface area (Å²) in [5.41, 5.74) is 4.58. The first-order valence-corrected chi connectivity index (χ1v) is 8.91. The number of hydrogen-bond donors (Lipinski definition) is 1. The first kappa shape index (κ1) is 17.6. The summed E-state index contributed by atoms with van der Waals surface area (Å²) in [5.74, 6) is 0.733. The maximum atomic E-state index is 12.6. The molecule has 4 aromatic rings. The van der Waals surface area contributed by atoms with Crippen molar-refractivity contribution in [2.45, 2.75) is 6.92 Å². The lowest BCUT2D eigenvalue weighted by Crippen LogP contribution is -2.11. The summed E-state index contributed by atoms with van der Waals surface area (Å²) in [6.45, 7) is 1.94. The van der Waals surface area contributed by atoms with E-state index in [2.05, 4.69) is 20.5 Å². The number of hydrogen-bond acceptors (Lipinski definition) is 4. The Morgan fingerprint density at radius 2 is 1.61 bits per heavy atom. The van der Waals surface area contributed by atoms with Gasteiger partial charge >= 0.3 is 0 Å². The minimum atomic E-state index is -0.177. The number of nitrogens with one attached hydrogen (secondary N) is 1. The Kier molecular flexibility index (Phi) is 4.68. The van der Waals surface area contributed by atoms with E-state index in [1.807, 2.05) is 67.1 Å². The molecule has 4 rings (SSSR count). The smallest absolute Gasteiger partial charge is 0.255 e. The van der Waals surface area contributed by atoms with Gasteiger partial charge in [-0.1, -0.05) is 18.2 Å². The van der Waals surface area contributed by atoms with Gasteiger partial charge in [-0.3, -0.25) is 4.79 Å². The van der Waals surface area contributed by atoms with Gasteiger partial charge in [-0.2, -0.15) is 10.2 Å². The molecule has 0 saturated carbocycles. The molecule has 6 heteroatoms. The number of rotatable bonds is 4. The lowest BCUT2D eigenvalue weighted by atomic mass is 10.2. The zero-order valence-electron chi connectivity index (χ0n) is 15.6. The number of carbonyl (C=O) groups excluding carboxylic acids is 1. The van der Waals surface area contributed by atoms with E-state index in [-0.39, 0.29) is 5.91 Å². The number of azo groups is 1. The molecule has 1 N–H and O–H groups in total. The first-order chi connectivity index (χ1) is 13.6. The number of amides is 1. The number of benzene rings is 3. The van der Waals surface area contributed by atoms with E-state index in [9.17, 15) is 4.79 Å². The van der Waals surface area contributed by atoms with Crippen molar-refractivity contribution in [3.63, 3.8) is 0 Å². The van der Waals surface area contributed by atoms with E-state index >= 15 is 0 Å². The van der Waals surface area contributed by atoms with Crippen molar-refractivity contribution in [3.8, 4) is 0 Å². The molecule has 0 bridgehead atoms. The van der Waals surface area contributed by atoms with Crippen LogP contribution >= 0.6 is 0 Å². The fraction of sp³-hybridized carbons (Fsp3) is 0.0909. The molecule has 0 radical (unpaired) electrons. The fourth-order valence-corrected chi connectivity index (χ4v) is 2.89. The van der Waals surface area contributed by atoms with Gasteiger partial charge in [0.2, 0.25) is 0 Å². The second-order valence-corrected chi connectivity index (χ2v) is 6.46. The van der Waals surface area contributed by atoms with Crippen LogP contribution in [0.15, 0.2) is 83.0 Å². The summed E-state index contributed by atoms with van der Waals surface area (Å²) in [6.07, 6.45) is 0. The molecule has 0 fully saturated rings. The molecule has 0 saturated heterocycles. The molecule has 1 heterocycles. The lowest BCUT2D eigenvalue weighted by molar-refractivity contribution is 0.102. The molecule has 3 aromatic carbocycles. The van der Waals surface area contributed by atoms with Gasteiger partial charge in [0.15, 0.2) is 0 Å². The molecule has 0 aliphatic rings. The molecule has 0 unspecified atom stereocenters. The maximum Gasteiger partial charge on any atom is 0.255 e. The number of aromatic nitrogens is 2. The zero-order chi connectivity index (χ0) is 19.5. The Balaban J connectivity index is 1.46. The van der Waals surface area contributed by atoms with Crippen molar-refractivity contribution in [1.82, 2.24) is 9.55 Å². The maximum absolute atomic E-state index is 12.6. The highest BCUT2D eigenvalue weighted by Crippen LogP contribution is 2.21. The molecule has 1 amide bonds. The summed E-state index contributed by atoms with van der Waals surface area (Å²) in [6, 6.07) is 22.3. The highest BCUT2D eigenvalue weighted by molar-refractivity contribution is 6.06. The van der Waals surface area contributed by atoms with Gasteiger partial charge in [0.05, 0.1) is 22.4 Å². The van der Waals surface area contributed by atoms with Crippen LogP contribution in [0.4, 0.5) is 17.1 Å². The Bertz CT molecular complexity index is 1160. The topological polar surface area (TPSA) is 71.6 Å². The van der Waals surface area contributed by atoms with Crippen LogP contribution in [0.5, 0.6) is 0 Å². The molecule has 0 atom stereocenters. The van der Waals surface area contributed by atoms with Gasteiger partial charge in [-0.25, -0.2) is 4.98 Å². The van der Waals surface area contributed by atoms with Crippen molar-refractivity contribution >= 4 is 34.0 Å². The summed E-state index contributed by atoms with van der Waals surface area (Å²) < 4.78 is 2.00. The van der Waals surface area contributed by atoms with E-state index < -0.39 is 0 Å². The molecule has 0 aliphatic heterocycles. The molecule has 0 spiro atoms. The van der Waals surface area contributed by atoms with E-state index in [0.717, 1.165) is 22.5 Å². The van der Waals surface area contributed by atoms with E-state index in [1.54, 1.807) is 24.3 Å². The number of anilines is 1. The number of aryl methyl sites for hydroxylation is 2. The molecule has 1 aromatic heterocycles. The van der Waals surface area contributed by atoms with Crippen LogP contribution in [0.3, 0.4) is 0 Å². The summed E-state index contributed by atoms with van der Waals surface area (Å²) >= 11 is 0. The van der Waals surface area contributed by atoms with Gasteiger partial charge in [0.1, 0.15) is 5.82 Å². The van der Waals surface area contributed by atoms with E-state index in [4.69, 9.17) is 0 Å². The minimum absolute atomic E-state index is 0.177. The lowest BCUT2D eigenvalue weighted by Gasteiger charge is -2.06. The average Bonchev–Trinajstić information content (AvgIpc) is 3.01. The van der Waals surface area contributed by atoms with Crippen molar-refractivity contribution in [1.29, 1.82) is 0 Å². The third-order valence-corrected chi connectivity index (χ3v) is 4.53. The first-order valence-electron chi connectivity index (χ1n) is 8.91. The van der Waals surface area contributed by atoms with Gasteiger partial charge in [0, 0.05) is 18.3 Å². The van der Waals surface area contributed by atoms with Gasteiger partial charge < -0.3 is 9.88 Å². The van der Waals surface area contributed by atoms with E-state index in [1.165, 1.54) is 0 Å². The predicted molar refractivity (Wildman–Crippen MR) is 110 cm³/mol. The number of nitrogens with zero attached hydrogens (tertiary/aromatic N) is 4. The Morgan fingerprint density at radius 1 is 0.929 bits per heavy atom. The van der Waals surface area contributed by atoms with Crippen molar-refractivity contribution in [2.24, 2.45) is 17.3 Å². The Hall–Kier alpha value is -3.80. The standard InChI is InChI=1S/C22H19N5O/c1-15-23-20-14-16(8-13-21(20)27(15)2)22(28)24-17-9-11-19(12-10-17)26-25-18-6-4-3-5-7-18/h3-14H,1-2H3,(H,24,28). The van der Waals surface area contributed by atoms with Crippen molar-refractivity contribution < 1.29 is 4.79 Å². The van der Waals surface area contributed by atoms with Gasteiger partial charge in [-0.05, 0) is 61.5 Å². The molecule has 0 aliphatic carbocycles. The highest BCUT2D eigenvalue weighted by atomic mass is 16.1. The Labute approximate surface area is 162 Å². The van der Waals surface area contributed by atoms with Crippen LogP contribution in [0.25, 0.3) is 11.0 Å². The third-order valence-electron chi connectivity index (χ3n) is 4.53. The highest BCUT2D eigenvalue weighted by Gasteiger charge is 2.10.